The molecule has 0 bridgehead atoms. The van der Waals surface area contributed by atoms with Crippen molar-refractivity contribution in [1.29, 1.82) is 0 Å². The first-order valence-electron chi connectivity index (χ1n) is 18.4. The number of benzene rings is 2. The Morgan fingerprint density at radius 3 is 1.43 bits per heavy atom. The molecule has 0 aliphatic rings. The van der Waals surface area contributed by atoms with E-state index in [1.54, 1.807) is 0 Å². The Kier molecular flexibility index (Phi) is 19.6. The maximum absolute atomic E-state index is 15.0. The van der Waals surface area contributed by atoms with Crippen LogP contribution in [0.2, 0.25) is 0 Å². The molecule has 3 rings (SSSR count). The number of carbonyl (C=O) groups is 4. The van der Waals surface area contributed by atoms with Crippen LogP contribution in [0.15, 0.2) is 56.4 Å². The molecule has 10 N–H and O–H groups in total. The molecule has 0 unspecified atom stereocenters. The van der Waals surface area contributed by atoms with E-state index in [0.717, 1.165) is 25.6 Å². The van der Waals surface area contributed by atoms with Crippen molar-refractivity contribution in [2.75, 3.05) is 31.1 Å². The summed E-state index contributed by atoms with van der Waals surface area (Å²) in [5.74, 6) is -1.79. The summed E-state index contributed by atoms with van der Waals surface area (Å²) in [6, 6.07) is 6.32. The largest absolute Gasteiger partial charge is 0.370 e. The lowest BCUT2D eigenvalue weighted by Crippen LogP contribution is -2.23. The van der Waals surface area contributed by atoms with Gasteiger partial charge in [-0.2, -0.15) is 0 Å². The molecule has 0 amide bonds. The number of ketones is 4. The first-order valence-corrected chi connectivity index (χ1v) is 20.4. The Hall–Kier alpha value is -4.74. The lowest BCUT2D eigenvalue weighted by Gasteiger charge is -2.15. The van der Waals surface area contributed by atoms with Crippen LogP contribution in [0.5, 0.6) is 0 Å². The zero-order chi connectivity index (χ0) is 41.0. The fourth-order valence-corrected chi connectivity index (χ4v) is 7.83. The van der Waals surface area contributed by atoms with Crippen LogP contribution in [0.4, 0.5) is 8.78 Å². The SMILES string of the molecule is CCCCCC(=O)Cc1cc(F)cc(CC(=O)c2cc(C(=O)Cc3cc(F)cc(CC(=O)CCCCN)c3SCCN=C(N)N)ncn2)c1SCCN=C(N)N. The summed E-state index contributed by atoms with van der Waals surface area (Å²) in [5.41, 5.74) is 28.8. The van der Waals surface area contributed by atoms with Gasteiger partial charge in [-0.05, 0) is 78.4 Å². The van der Waals surface area contributed by atoms with Gasteiger partial charge in [0.1, 0.15) is 40.9 Å². The van der Waals surface area contributed by atoms with Gasteiger partial charge in [0, 0.05) is 59.8 Å². The lowest BCUT2D eigenvalue weighted by molar-refractivity contribution is -0.119. The molecule has 0 saturated heterocycles. The number of guanidine groups is 2. The third-order valence-corrected chi connectivity index (χ3v) is 10.8. The van der Waals surface area contributed by atoms with Gasteiger partial charge < -0.3 is 28.7 Å². The summed E-state index contributed by atoms with van der Waals surface area (Å²) in [6.07, 6.45) is 4.98. The lowest BCUT2D eigenvalue weighted by atomic mass is 9.98. The van der Waals surface area contributed by atoms with E-state index < -0.39 is 23.2 Å². The highest BCUT2D eigenvalue weighted by Crippen LogP contribution is 2.32. The Morgan fingerprint density at radius 2 is 1.04 bits per heavy atom. The van der Waals surface area contributed by atoms with Gasteiger partial charge in [0.05, 0.1) is 13.1 Å². The van der Waals surface area contributed by atoms with Crippen LogP contribution in [0.25, 0.3) is 0 Å². The smallest absolute Gasteiger partial charge is 0.185 e. The van der Waals surface area contributed by atoms with E-state index in [4.69, 9.17) is 28.7 Å². The molecule has 3 aromatic rings. The predicted molar refractivity (Wildman–Crippen MR) is 218 cm³/mol. The quantitative estimate of drug-likeness (QED) is 0.0250. The fraction of sp³-hybridized carbons (Fsp3) is 0.436. The normalized spacial score (nSPS) is 10.9. The Bertz CT molecular complexity index is 1770. The number of rotatable bonds is 26. The average molecular weight is 812 g/mol. The van der Waals surface area contributed by atoms with E-state index in [9.17, 15) is 19.2 Å². The van der Waals surface area contributed by atoms with Crippen molar-refractivity contribution in [2.24, 2.45) is 38.7 Å². The van der Waals surface area contributed by atoms with Crippen molar-refractivity contribution < 1.29 is 28.0 Å². The zero-order valence-electron chi connectivity index (χ0n) is 31.7. The third-order valence-electron chi connectivity index (χ3n) is 8.36. The molecule has 1 aromatic heterocycles. The molecule has 56 heavy (non-hydrogen) atoms. The molecular weight excluding hydrogens is 761 g/mol. The van der Waals surface area contributed by atoms with Gasteiger partial charge in [0.15, 0.2) is 23.5 Å². The number of thioether (sulfide) groups is 2. The highest BCUT2D eigenvalue weighted by molar-refractivity contribution is 7.99. The van der Waals surface area contributed by atoms with Crippen LogP contribution in [0.1, 0.15) is 95.1 Å². The number of nitrogens with two attached hydrogens (primary N) is 5. The van der Waals surface area contributed by atoms with Crippen LogP contribution in [0.3, 0.4) is 0 Å². The molecule has 0 radical (unpaired) electrons. The zero-order valence-corrected chi connectivity index (χ0v) is 33.3. The molecule has 0 fully saturated rings. The number of Topliss-reactive ketones (excluding diaryl/α,β-unsaturated/α-hetero) is 4. The van der Waals surface area contributed by atoms with E-state index in [1.165, 1.54) is 53.9 Å². The van der Waals surface area contributed by atoms with Crippen molar-refractivity contribution in [3.8, 4) is 0 Å². The number of halogens is 2. The maximum Gasteiger partial charge on any atom is 0.185 e. The van der Waals surface area contributed by atoms with Crippen LogP contribution in [-0.2, 0) is 35.3 Å². The van der Waals surface area contributed by atoms with Gasteiger partial charge in [-0.1, -0.05) is 19.8 Å². The molecule has 0 saturated carbocycles. The predicted octanol–water partition coefficient (Wildman–Crippen LogP) is 4.27. The van der Waals surface area contributed by atoms with Crippen molar-refractivity contribution in [2.45, 2.75) is 87.3 Å². The van der Waals surface area contributed by atoms with E-state index in [2.05, 4.69) is 20.0 Å². The van der Waals surface area contributed by atoms with Gasteiger partial charge in [-0.15, -0.1) is 23.5 Å². The van der Waals surface area contributed by atoms with Crippen molar-refractivity contribution in [3.63, 3.8) is 0 Å². The minimum Gasteiger partial charge on any atom is -0.370 e. The fourth-order valence-electron chi connectivity index (χ4n) is 5.79. The first kappa shape index (κ1) is 45.6. The van der Waals surface area contributed by atoms with Gasteiger partial charge in [-0.25, -0.2) is 18.7 Å². The molecule has 302 valence electrons. The molecule has 0 atom stereocenters. The molecule has 1 heterocycles. The number of unbranched alkanes of at least 4 members (excludes halogenated alkanes) is 3. The second kappa shape index (κ2) is 24.0. The van der Waals surface area contributed by atoms with Gasteiger partial charge in [0.25, 0.3) is 0 Å². The maximum atomic E-state index is 15.0. The second-order valence-corrected chi connectivity index (χ2v) is 15.2. The number of hydrogen-bond donors (Lipinski definition) is 5. The van der Waals surface area contributed by atoms with Crippen LogP contribution in [-0.4, -0.2) is 76.2 Å². The summed E-state index contributed by atoms with van der Waals surface area (Å²) >= 11 is 2.60. The molecule has 2 aromatic carbocycles. The monoisotopic (exact) mass is 811 g/mol. The van der Waals surface area contributed by atoms with Crippen molar-refractivity contribution in [1.82, 2.24) is 9.97 Å². The molecule has 0 aliphatic heterocycles. The standard InChI is InChI=1S/C39H51F2N9O4S2/c1-2-3-4-7-30(51)18-24-14-28(40)16-26(36(24)55-12-10-47-38(43)44)20-34(53)32-22-33(50-23-49-32)35(54)21-27-17-29(41)15-25(19-31(52)8-5-6-9-42)37(27)56-13-11-48-39(45)46/h14-17,22-23H,2-13,18-21,42H2,1H3,(H4,43,44,47)(H4,45,46,48). The number of hydrogen-bond acceptors (Lipinski definition) is 11. The van der Waals surface area contributed by atoms with Gasteiger partial charge in [-0.3, -0.25) is 29.2 Å². The van der Waals surface area contributed by atoms with Crippen molar-refractivity contribution in [3.05, 3.63) is 81.9 Å². The highest BCUT2D eigenvalue weighted by Gasteiger charge is 2.22. The molecule has 0 spiro atoms. The molecule has 17 heteroatoms. The number of aromatic nitrogens is 2. The summed E-state index contributed by atoms with van der Waals surface area (Å²) in [5, 5.41) is 0. The Morgan fingerprint density at radius 1 is 0.625 bits per heavy atom. The molecular formula is C39H51F2N9O4S2. The van der Waals surface area contributed by atoms with Gasteiger partial charge >= 0.3 is 0 Å². The summed E-state index contributed by atoms with van der Waals surface area (Å²) in [6.45, 7) is 3.00. The summed E-state index contributed by atoms with van der Waals surface area (Å²) < 4.78 is 30.0. The molecule has 13 nitrogen and oxygen atoms in total. The van der Waals surface area contributed by atoms with Crippen LogP contribution >= 0.6 is 23.5 Å². The number of aliphatic imine (C=N–C) groups is 2. The summed E-state index contributed by atoms with van der Waals surface area (Å²) in [4.78, 5) is 70.4. The van der Waals surface area contributed by atoms with Crippen LogP contribution < -0.4 is 28.7 Å². The van der Waals surface area contributed by atoms with Crippen LogP contribution in [0, 0.1) is 11.6 Å². The van der Waals surface area contributed by atoms with E-state index in [1.807, 2.05) is 6.92 Å². The minimum absolute atomic E-state index is 0.00173. The number of carbonyl (C=O) groups excluding carboxylic acids is 4. The minimum atomic E-state index is -0.617. The van der Waals surface area contributed by atoms with E-state index in [-0.39, 0.29) is 80.1 Å². The van der Waals surface area contributed by atoms with E-state index >= 15 is 8.78 Å². The molecule has 0 aliphatic carbocycles. The van der Waals surface area contributed by atoms with Crippen molar-refractivity contribution >= 4 is 58.6 Å². The Balaban J connectivity index is 1.90. The number of nitrogens with zero attached hydrogens (tertiary/aromatic N) is 4. The second-order valence-electron chi connectivity index (χ2n) is 13.0. The van der Waals surface area contributed by atoms with E-state index in [0.29, 0.717) is 69.4 Å². The summed E-state index contributed by atoms with van der Waals surface area (Å²) in [7, 11) is 0. The first-order chi connectivity index (χ1) is 26.8. The third kappa shape index (κ3) is 15.8. The highest BCUT2D eigenvalue weighted by atomic mass is 32.2. The topological polar surface area (TPSA) is 249 Å². The Labute approximate surface area is 334 Å². The van der Waals surface area contributed by atoms with Gasteiger partial charge in [0.2, 0.25) is 0 Å². The average Bonchev–Trinajstić information content (AvgIpc) is 3.13.